The van der Waals surface area contributed by atoms with E-state index in [0.717, 1.165) is 6.20 Å². The minimum Gasteiger partial charge on any atom is -0.464 e. The summed E-state index contributed by atoms with van der Waals surface area (Å²) in [7, 11) is -2.87. The van der Waals surface area contributed by atoms with Crippen molar-refractivity contribution in [2.45, 2.75) is 6.92 Å². The van der Waals surface area contributed by atoms with Crippen LogP contribution in [0.2, 0.25) is 0 Å². The average Bonchev–Trinajstić information content (AvgIpc) is 3.26. The lowest BCUT2D eigenvalue weighted by Gasteiger charge is -2.10. The molecular formula is C23H20F2N4O4S. The zero-order valence-electron chi connectivity index (χ0n) is 18.2. The van der Waals surface area contributed by atoms with Crippen LogP contribution in [-0.4, -0.2) is 38.5 Å². The van der Waals surface area contributed by atoms with Gasteiger partial charge in [0.05, 0.1) is 34.2 Å². The molecule has 0 bridgehead atoms. The smallest absolute Gasteiger partial charge is 0.418 e. The van der Waals surface area contributed by atoms with Gasteiger partial charge in [0.25, 0.3) is 0 Å². The number of nitrogens with zero attached hydrogens (tertiary/aromatic N) is 2. The molecule has 8 nitrogen and oxygen atoms in total. The third kappa shape index (κ3) is 5.15. The Balaban J connectivity index is 1.63. The van der Waals surface area contributed by atoms with Crippen LogP contribution >= 0.6 is 0 Å². The molecule has 0 aliphatic carbocycles. The molecule has 0 saturated heterocycles. The fourth-order valence-corrected chi connectivity index (χ4v) is 4.40. The first-order valence-corrected chi connectivity index (χ1v) is 12.1. The monoisotopic (exact) mass is 486 g/mol. The van der Waals surface area contributed by atoms with Gasteiger partial charge in [0.15, 0.2) is 0 Å². The van der Waals surface area contributed by atoms with Crippen molar-refractivity contribution in [3.05, 3.63) is 72.3 Å². The molecule has 0 saturated carbocycles. The number of carbonyl (C=O) groups excluding carboxylic acids is 1. The van der Waals surface area contributed by atoms with Crippen LogP contribution in [0.3, 0.4) is 0 Å². The van der Waals surface area contributed by atoms with Crippen LogP contribution in [0.5, 0.6) is 0 Å². The summed E-state index contributed by atoms with van der Waals surface area (Å²) in [6, 6.07) is 8.80. The van der Waals surface area contributed by atoms with E-state index in [-0.39, 0.29) is 29.0 Å². The number of halogens is 2. The molecule has 3 aromatic heterocycles. The molecule has 34 heavy (non-hydrogen) atoms. The number of hydrogen-bond donors (Lipinski definition) is 2. The molecule has 0 spiro atoms. The first kappa shape index (κ1) is 23.2. The van der Waals surface area contributed by atoms with Crippen molar-refractivity contribution in [1.29, 1.82) is 0 Å². The van der Waals surface area contributed by atoms with E-state index in [2.05, 4.69) is 20.0 Å². The molecule has 1 aromatic carbocycles. The Bertz CT molecular complexity index is 1500. The van der Waals surface area contributed by atoms with Gasteiger partial charge in [-0.1, -0.05) is 0 Å². The number of furan rings is 1. The number of pyridine rings is 2. The Kier molecular flexibility index (Phi) is 6.46. The molecule has 4 rings (SSSR count). The molecule has 11 heteroatoms. The Labute approximate surface area is 194 Å². The Morgan fingerprint density at radius 1 is 1.12 bits per heavy atom. The molecule has 176 valence electrons. The van der Waals surface area contributed by atoms with Gasteiger partial charge < -0.3 is 14.5 Å². The number of rotatable bonds is 6. The number of fused-ring (bicyclic) bond motifs is 1. The molecule has 3 heterocycles. The van der Waals surface area contributed by atoms with Gasteiger partial charge in [0.2, 0.25) is 0 Å². The van der Waals surface area contributed by atoms with E-state index < -0.39 is 27.4 Å². The van der Waals surface area contributed by atoms with Crippen molar-refractivity contribution >= 4 is 43.8 Å². The minimum absolute atomic E-state index is 0.153. The maximum absolute atomic E-state index is 14.6. The van der Waals surface area contributed by atoms with Crippen LogP contribution in [0, 0.1) is 11.6 Å². The van der Waals surface area contributed by atoms with Gasteiger partial charge >= 0.3 is 6.09 Å². The molecule has 1 atom stereocenters. The zero-order valence-corrected chi connectivity index (χ0v) is 19.0. The molecule has 0 aliphatic heterocycles. The van der Waals surface area contributed by atoms with Gasteiger partial charge in [-0.25, -0.2) is 32.5 Å². The fraction of sp³-hybridized carbons (Fsp3) is 0.130. The van der Waals surface area contributed by atoms with E-state index >= 15 is 0 Å². The van der Waals surface area contributed by atoms with Crippen LogP contribution in [0.1, 0.15) is 12.5 Å². The van der Waals surface area contributed by atoms with Gasteiger partial charge in [-0.3, -0.25) is 0 Å². The first-order chi connectivity index (χ1) is 16.3. The molecule has 0 radical (unpaired) electrons. The number of anilines is 2. The number of aromatic nitrogens is 2. The van der Waals surface area contributed by atoms with E-state index in [4.69, 9.17) is 9.15 Å². The van der Waals surface area contributed by atoms with E-state index in [9.17, 15) is 17.8 Å². The third-order valence-electron chi connectivity index (χ3n) is 4.67. The Morgan fingerprint density at radius 3 is 2.71 bits per heavy atom. The number of nitrogens with one attached hydrogen (secondary N) is 2. The summed E-state index contributed by atoms with van der Waals surface area (Å²) in [6.45, 7) is 1.80. The highest BCUT2D eigenvalue weighted by Crippen LogP contribution is 2.33. The standard InChI is InChI=1S/C23H20F2N4O4S/c1-3-32-23(30)29-34(2,31)13-14-6-8-26-20(10-14)28-21-11-17(19(25)12-27-21)15-4-5-18(24)16-7-9-33-22(15)16/h4-13H,3H2,1-2H3,(H,26,27,28)(H,29,30,31). The third-order valence-corrected chi connectivity index (χ3v) is 5.97. The number of amides is 1. The maximum atomic E-state index is 14.6. The van der Waals surface area contributed by atoms with Crippen molar-refractivity contribution in [2.75, 3.05) is 18.2 Å². The molecule has 0 aliphatic rings. The lowest BCUT2D eigenvalue weighted by Crippen LogP contribution is -2.31. The second kappa shape index (κ2) is 9.48. The first-order valence-electron chi connectivity index (χ1n) is 10.1. The number of hydrogen-bond acceptors (Lipinski definition) is 7. The van der Waals surface area contributed by atoms with Crippen LogP contribution in [-0.2, 0) is 14.4 Å². The fourth-order valence-electron chi connectivity index (χ4n) is 3.29. The largest absolute Gasteiger partial charge is 0.464 e. The number of carbonyl (C=O) groups is 1. The normalized spacial score (nSPS) is 12.7. The molecule has 2 N–H and O–H groups in total. The summed E-state index contributed by atoms with van der Waals surface area (Å²) in [6.07, 6.45) is 4.43. The highest BCUT2D eigenvalue weighted by atomic mass is 32.2. The predicted octanol–water partition coefficient (Wildman–Crippen LogP) is 4.64. The van der Waals surface area contributed by atoms with Gasteiger partial charge in [0.1, 0.15) is 28.9 Å². The molecular weight excluding hydrogens is 466 g/mol. The van der Waals surface area contributed by atoms with E-state index in [0.29, 0.717) is 16.9 Å². The quantitative estimate of drug-likeness (QED) is 0.383. The van der Waals surface area contributed by atoms with E-state index in [1.807, 2.05) is 0 Å². The van der Waals surface area contributed by atoms with Crippen LogP contribution in [0.4, 0.5) is 25.2 Å². The number of benzene rings is 1. The van der Waals surface area contributed by atoms with Crippen molar-refractivity contribution < 1.29 is 26.9 Å². The van der Waals surface area contributed by atoms with Gasteiger partial charge in [-0.05, 0) is 48.9 Å². The van der Waals surface area contributed by atoms with Crippen LogP contribution in [0.25, 0.3) is 22.1 Å². The Hall–Kier alpha value is -3.99. The lowest BCUT2D eigenvalue weighted by molar-refractivity contribution is 0.159. The average molecular weight is 487 g/mol. The molecule has 0 fully saturated rings. The second-order valence-corrected chi connectivity index (χ2v) is 9.50. The van der Waals surface area contributed by atoms with Crippen molar-refractivity contribution in [3.63, 3.8) is 0 Å². The second-order valence-electron chi connectivity index (χ2n) is 7.25. The predicted molar refractivity (Wildman–Crippen MR) is 126 cm³/mol. The molecule has 4 aromatic rings. The summed E-state index contributed by atoms with van der Waals surface area (Å²) < 4.78 is 53.7. The van der Waals surface area contributed by atoms with Gasteiger partial charge in [-0.15, -0.1) is 0 Å². The highest BCUT2D eigenvalue weighted by Gasteiger charge is 2.15. The minimum atomic E-state index is -2.87. The Morgan fingerprint density at radius 2 is 1.91 bits per heavy atom. The van der Waals surface area contributed by atoms with Crippen LogP contribution < -0.4 is 10.0 Å². The summed E-state index contributed by atoms with van der Waals surface area (Å²) in [4.78, 5) is 19.8. The highest BCUT2D eigenvalue weighted by molar-refractivity contribution is 7.99. The van der Waals surface area contributed by atoms with Gasteiger partial charge in [0, 0.05) is 28.9 Å². The zero-order chi connectivity index (χ0) is 24.3. The number of ether oxygens (including phenoxy) is 1. The molecule has 1 unspecified atom stereocenters. The molecule has 1 amide bonds. The summed E-state index contributed by atoms with van der Waals surface area (Å²) in [5.74, 6) is -0.470. The lowest BCUT2D eigenvalue weighted by atomic mass is 10.0. The van der Waals surface area contributed by atoms with Crippen LogP contribution in [0.15, 0.2) is 59.5 Å². The summed E-state index contributed by atoms with van der Waals surface area (Å²) in [5.41, 5.74) is 1.27. The summed E-state index contributed by atoms with van der Waals surface area (Å²) in [5, 5.41) is 4.59. The SMILES string of the molecule is CCOC(=O)NS(C)(=O)=Cc1ccnc(Nc2cc(-c3ccc(F)c4ccoc34)c(F)cn2)c1. The van der Waals surface area contributed by atoms with Crippen molar-refractivity contribution in [3.8, 4) is 11.1 Å². The van der Waals surface area contributed by atoms with Gasteiger partial charge in [-0.2, -0.15) is 0 Å². The summed E-state index contributed by atoms with van der Waals surface area (Å²) >= 11 is 0. The van der Waals surface area contributed by atoms with Crippen molar-refractivity contribution in [1.82, 2.24) is 14.7 Å². The maximum Gasteiger partial charge on any atom is 0.418 e. The van der Waals surface area contributed by atoms with E-state index in [1.54, 1.807) is 19.1 Å². The van der Waals surface area contributed by atoms with E-state index in [1.165, 1.54) is 48.3 Å². The van der Waals surface area contributed by atoms with Crippen molar-refractivity contribution in [2.24, 2.45) is 0 Å². The topological polar surface area (TPSA) is 106 Å².